The summed E-state index contributed by atoms with van der Waals surface area (Å²) in [6, 6.07) is 7.79. The molecular weight excluding hydrogens is 262 g/mol. The summed E-state index contributed by atoms with van der Waals surface area (Å²) in [6.07, 6.45) is 0. The van der Waals surface area contributed by atoms with Crippen molar-refractivity contribution in [2.24, 2.45) is 11.1 Å². The van der Waals surface area contributed by atoms with Gasteiger partial charge in [-0.2, -0.15) is 0 Å². The highest BCUT2D eigenvalue weighted by Crippen LogP contribution is 2.62. The molecule has 0 heterocycles. The third kappa shape index (κ3) is 2.20. The molecule has 1 aliphatic carbocycles. The van der Waals surface area contributed by atoms with Crippen LogP contribution in [0.2, 0.25) is 0 Å². The zero-order valence-corrected chi connectivity index (χ0v) is 12.2. The van der Waals surface area contributed by atoms with Crippen LogP contribution in [0.3, 0.4) is 0 Å². The average molecular weight is 283 g/mol. The second-order valence-electron chi connectivity index (χ2n) is 5.36. The topological polar surface area (TPSA) is 80.4 Å². The van der Waals surface area contributed by atoms with Crippen molar-refractivity contribution < 1.29 is 13.5 Å². The lowest BCUT2D eigenvalue weighted by Gasteiger charge is -2.11. The van der Waals surface area contributed by atoms with Crippen LogP contribution >= 0.6 is 0 Å². The minimum Gasteiger partial charge on any atom is -0.396 e. The smallest absolute Gasteiger partial charge is 0.154 e. The van der Waals surface area contributed by atoms with Gasteiger partial charge in [0.2, 0.25) is 0 Å². The quantitative estimate of drug-likeness (QED) is 0.839. The molecule has 3 atom stereocenters. The van der Waals surface area contributed by atoms with Gasteiger partial charge in [0.05, 0.1) is 11.9 Å². The van der Waals surface area contributed by atoms with Gasteiger partial charge in [-0.05, 0) is 12.5 Å². The molecule has 0 saturated heterocycles. The molecule has 1 saturated carbocycles. The van der Waals surface area contributed by atoms with E-state index < -0.39 is 20.5 Å². The molecule has 3 N–H and O–H groups in total. The Labute approximate surface area is 114 Å². The van der Waals surface area contributed by atoms with E-state index in [1.54, 1.807) is 6.92 Å². The predicted molar refractivity (Wildman–Crippen MR) is 75.7 cm³/mol. The molecule has 1 fully saturated rings. The van der Waals surface area contributed by atoms with Gasteiger partial charge >= 0.3 is 0 Å². The highest BCUT2D eigenvalue weighted by Gasteiger charge is 2.69. The molecule has 19 heavy (non-hydrogen) atoms. The van der Waals surface area contributed by atoms with E-state index >= 15 is 0 Å². The number of hydrogen-bond donors (Lipinski definition) is 2. The summed E-state index contributed by atoms with van der Waals surface area (Å²) in [4.78, 5) is 0. The van der Waals surface area contributed by atoms with Crippen molar-refractivity contribution in [1.29, 1.82) is 0 Å². The van der Waals surface area contributed by atoms with Crippen molar-refractivity contribution >= 4 is 9.84 Å². The van der Waals surface area contributed by atoms with E-state index in [-0.39, 0.29) is 24.8 Å². The maximum atomic E-state index is 12.2. The first-order chi connectivity index (χ1) is 8.93. The molecule has 1 aromatic rings. The maximum Gasteiger partial charge on any atom is 0.154 e. The fraction of sp³-hybridized carbons (Fsp3) is 0.571. The Hall–Kier alpha value is -0.910. The van der Waals surface area contributed by atoms with Crippen molar-refractivity contribution in [3.8, 4) is 0 Å². The largest absolute Gasteiger partial charge is 0.396 e. The summed E-state index contributed by atoms with van der Waals surface area (Å²) in [6.45, 7) is 3.62. The van der Waals surface area contributed by atoms with Crippen molar-refractivity contribution in [3.05, 3.63) is 35.4 Å². The Balaban J connectivity index is 2.42. The summed E-state index contributed by atoms with van der Waals surface area (Å²) in [5.41, 5.74) is 7.13. The van der Waals surface area contributed by atoms with E-state index in [4.69, 9.17) is 5.73 Å². The van der Waals surface area contributed by atoms with Crippen molar-refractivity contribution in [2.75, 3.05) is 18.9 Å². The lowest BCUT2D eigenvalue weighted by molar-refractivity contribution is 0.212. The van der Waals surface area contributed by atoms with Gasteiger partial charge in [-0.15, -0.1) is 0 Å². The lowest BCUT2D eigenvalue weighted by atomic mass is 9.99. The average Bonchev–Trinajstić information content (AvgIpc) is 3.10. The SMILES string of the molecule is CCS(=O)(=O)[C@@H]1[C@@H](c2ccc(C)cc2)[C@@]1(CN)CO. The lowest BCUT2D eigenvalue weighted by Crippen LogP contribution is -2.28. The summed E-state index contributed by atoms with van der Waals surface area (Å²) < 4.78 is 24.4. The van der Waals surface area contributed by atoms with Crippen molar-refractivity contribution in [2.45, 2.75) is 25.0 Å². The van der Waals surface area contributed by atoms with E-state index in [1.165, 1.54) is 0 Å². The Morgan fingerprint density at radius 2 is 1.89 bits per heavy atom. The number of nitrogens with two attached hydrogens (primary N) is 1. The minimum absolute atomic E-state index is 0.0851. The Morgan fingerprint density at radius 3 is 2.32 bits per heavy atom. The van der Waals surface area contributed by atoms with Gasteiger partial charge in [-0.1, -0.05) is 36.8 Å². The number of aryl methyl sites for hydroxylation is 1. The fourth-order valence-corrected chi connectivity index (χ4v) is 5.13. The van der Waals surface area contributed by atoms with Crippen LogP contribution in [0.1, 0.15) is 24.0 Å². The third-order valence-electron chi connectivity index (χ3n) is 4.28. The zero-order valence-electron chi connectivity index (χ0n) is 11.3. The van der Waals surface area contributed by atoms with Crippen LogP contribution in [-0.2, 0) is 9.84 Å². The summed E-state index contributed by atoms with van der Waals surface area (Å²) >= 11 is 0. The van der Waals surface area contributed by atoms with Gasteiger partial charge in [0.15, 0.2) is 9.84 Å². The van der Waals surface area contributed by atoms with Gasteiger partial charge < -0.3 is 10.8 Å². The summed E-state index contributed by atoms with van der Waals surface area (Å²) in [5, 5.41) is 9.07. The van der Waals surface area contributed by atoms with Crippen LogP contribution in [0.5, 0.6) is 0 Å². The second kappa shape index (κ2) is 4.89. The summed E-state index contributed by atoms with van der Waals surface area (Å²) in [7, 11) is -3.20. The Kier molecular flexibility index (Phi) is 3.73. The van der Waals surface area contributed by atoms with Crippen LogP contribution in [0.15, 0.2) is 24.3 Å². The predicted octanol–water partition coefficient (Wildman–Crippen LogP) is 0.833. The molecule has 0 amide bonds. The molecule has 5 heteroatoms. The highest BCUT2D eigenvalue weighted by molar-refractivity contribution is 7.92. The minimum atomic E-state index is -3.20. The first-order valence-electron chi connectivity index (χ1n) is 6.52. The molecule has 0 spiro atoms. The number of aliphatic hydroxyl groups excluding tert-OH is 1. The number of benzene rings is 1. The van der Waals surface area contributed by atoms with E-state index in [0.29, 0.717) is 0 Å². The van der Waals surface area contributed by atoms with Gasteiger partial charge in [0.25, 0.3) is 0 Å². The molecule has 106 valence electrons. The van der Waals surface area contributed by atoms with Crippen LogP contribution in [0.25, 0.3) is 0 Å². The first kappa shape index (κ1) is 14.5. The molecule has 0 unspecified atom stereocenters. The molecule has 0 aromatic heterocycles. The number of sulfone groups is 1. The van der Waals surface area contributed by atoms with Crippen molar-refractivity contribution in [1.82, 2.24) is 0 Å². The third-order valence-corrected chi connectivity index (χ3v) is 6.60. The Morgan fingerprint density at radius 1 is 1.32 bits per heavy atom. The molecule has 1 aliphatic rings. The fourth-order valence-electron chi connectivity index (χ4n) is 2.97. The van der Waals surface area contributed by atoms with E-state index in [1.807, 2.05) is 31.2 Å². The van der Waals surface area contributed by atoms with Gasteiger partial charge in [-0.25, -0.2) is 8.42 Å². The van der Waals surface area contributed by atoms with Crippen molar-refractivity contribution in [3.63, 3.8) is 0 Å². The normalized spacial score (nSPS) is 30.3. The standard InChI is InChI=1S/C14H21NO3S/c1-3-19(17,18)13-12(14(13,8-15)9-16)11-6-4-10(2)5-7-11/h4-7,12-13,16H,3,8-9,15H2,1-2H3/t12-,13-,14-/m1/s1. The number of hydrogen-bond acceptors (Lipinski definition) is 4. The Bertz CT molecular complexity index is 547. The maximum absolute atomic E-state index is 12.2. The van der Waals surface area contributed by atoms with Crippen LogP contribution in [-0.4, -0.2) is 37.7 Å². The van der Waals surface area contributed by atoms with Crippen LogP contribution in [0.4, 0.5) is 0 Å². The molecule has 0 aliphatic heterocycles. The van der Waals surface area contributed by atoms with E-state index in [9.17, 15) is 13.5 Å². The van der Waals surface area contributed by atoms with Gasteiger partial charge in [-0.3, -0.25) is 0 Å². The summed E-state index contributed by atoms with van der Waals surface area (Å²) in [5.74, 6) is -0.102. The molecule has 0 radical (unpaired) electrons. The monoisotopic (exact) mass is 283 g/mol. The molecule has 1 aromatic carbocycles. The van der Waals surface area contributed by atoms with E-state index in [0.717, 1.165) is 11.1 Å². The number of aliphatic hydroxyl groups is 1. The molecule has 4 nitrogen and oxygen atoms in total. The van der Waals surface area contributed by atoms with E-state index in [2.05, 4.69) is 0 Å². The highest BCUT2D eigenvalue weighted by atomic mass is 32.2. The molecule has 2 rings (SSSR count). The number of rotatable bonds is 5. The van der Waals surface area contributed by atoms with Crippen LogP contribution < -0.4 is 5.73 Å². The van der Waals surface area contributed by atoms with Crippen LogP contribution in [0, 0.1) is 12.3 Å². The second-order valence-corrected chi connectivity index (χ2v) is 7.77. The zero-order chi connectivity index (χ0) is 14.3. The first-order valence-corrected chi connectivity index (χ1v) is 8.23. The van der Waals surface area contributed by atoms with Gasteiger partial charge in [0.1, 0.15) is 0 Å². The molecular formula is C14H21NO3S. The molecule has 0 bridgehead atoms. The van der Waals surface area contributed by atoms with Gasteiger partial charge in [0, 0.05) is 23.6 Å².